The summed E-state index contributed by atoms with van der Waals surface area (Å²) in [6.07, 6.45) is 63.7. The first-order valence-electron chi connectivity index (χ1n) is 28.0. The molecule has 0 aliphatic rings. The van der Waals surface area contributed by atoms with E-state index in [4.69, 9.17) is 0 Å². The van der Waals surface area contributed by atoms with Gasteiger partial charge < -0.3 is 20.6 Å². The molecule has 0 aromatic heterocycles. The van der Waals surface area contributed by atoms with E-state index in [1.54, 1.807) is 0 Å². The Kier molecular flexibility index (Phi) is 51.0. The van der Waals surface area contributed by atoms with Gasteiger partial charge in [-0.1, -0.05) is 283 Å². The van der Waals surface area contributed by atoms with Crippen molar-refractivity contribution in [1.29, 1.82) is 0 Å². The number of aliphatic hydroxyl groups is 3. The number of carbonyl (C=O) groups is 1. The fourth-order valence-electron chi connectivity index (χ4n) is 9.05. The van der Waals surface area contributed by atoms with Crippen LogP contribution in [0.2, 0.25) is 0 Å². The van der Waals surface area contributed by atoms with Gasteiger partial charge in [-0.25, -0.2) is 0 Å². The maximum Gasteiger partial charge on any atom is 0.222 e. The summed E-state index contributed by atoms with van der Waals surface area (Å²) < 4.78 is 0. The summed E-state index contributed by atoms with van der Waals surface area (Å²) in [5.41, 5.74) is 0. The second-order valence-corrected chi connectivity index (χ2v) is 19.6. The summed E-state index contributed by atoms with van der Waals surface area (Å²) >= 11 is 0. The molecule has 3 atom stereocenters. The zero-order chi connectivity index (χ0) is 44.4. The Morgan fingerprint density at radius 3 is 0.951 bits per heavy atom. The van der Waals surface area contributed by atoms with Gasteiger partial charge in [-0.2, -0.15) is 0 Å². The number of carbonyl (C=O) groups excluding carboxylic acids is 1. The minimum atomic E-state index is -0.747. The number of rotatable bonds is 52. The molecule has 0 rings (SSSR count). The molecule has 5 nitrogen and oxygen atoms in total. The lowest BCUT2D eigenvalue weighted by Gasteiger charge is -2.23. The number of allylic oxidation sites excluding steroid dienone is 2. The zero-order valence-electron chi connectivity index (χ0n) is 41.6. The predicted octanol–water partition coefficient (Wildman–Crippen LogP) is 17.1. The molecule has 0 heterocycles. The van der Waals surface area contributed by atoms with Gasteiger partial charge in [0.05, 0.1) is 31.3 Å². The van der Waals surface area contributed by atoms with Crippen molar-refractivity contribution in [2.24, 2.45) is 0 Å². The smallest absolute Gasteiger partial charge is 0.222 e. The predicted molar refractivity (Wildman–Crippen MR) is 269 cm³/mol. The van der Waals surface area contributed by atoms with Crippen LogP contribution >= 0.6 is 0 Å². The third kappa shape index (κ3) is 48.4. The zero-order valence-corrected chi connectivity index (χ0v) is 41.6. The molecule has 0 saturated heterocycles. The van der Waals surface area contributed by atoms with Crippen molar-refractivity contribution in [3.05, 3.63) is 12.2 Å². The largest absolute Gasteiger partial charge is 0.394 e. The molecule has 0 aromatic rings. The van der Waals surface area contributed by atoms with Gasteiger partial charge in [-0.15, -0.1) is 0 Å². The van der Waals surface area contributed by atoms with E-state index in [1.165, 1.54) is 257 Å². The first kappa shape index (κ1) is 60.1. The standard InChI is InChI=1S/C56H111NO4/c1-3-5-7-9-11-13-15-17-19-21-23-24-25-26-27-28-29-30-31-32-33-35-37-39-41-43-45-47-49-53(59)51-56(61)57-54(52-58)55(60)50-48-46-44-42-40-38-36-34-22-20-18-16-14-12-10-8-6-4-2/h26-27,53-55,58-60H,3-25,28-52H2,1-2H3,(H,57,61)/b27-26-. The van der Waals surface area contributed by atoms with Gasteiger partial charge in [-0.05, 0) is 38.5 Å². The summed E-state index contributed by atoms with van der Waals surface area (Å²) in [4.78, 5) is 12.5. The SMILES string of the molecule is CCCCCCCCCCCCCC/C=C\CCCCCCCCCCCCCCC(O)CC(=O)NC(CO)C(O)CCCCCCCCCCCCCCCCCCCC. The van der Waals surface area contributed by atoms with Gasteiger partial charge in [0.2, 0.25) is 5.91 Å². The second-order valence-electron chi connectivity index (χ2n) is 19.6. The molecule has 3 unspecified atom stereocenters. The van der Waals surface area contributed by atoms with Crippen LogP contribution in [0.5, 0.6) is 0 Å². The van der Waals surface area contributed by atoms with Crippen LogP contribution in [0, 0.1) is 0 Å². The molecule has 0 fully saturated rings. The van der Waals surface area contributed by atoms with E-state index >= 15 is 0 Å². The lowest BCUT2D eigenvalue weighted by Crippen LogP contribution is -2.46. The van der Waals surface area contributed by atoms with Crippen LogP contribution in [0.3, 0.4) is 0 Å². The lowest BCUT2D eigenvalue weighted by molar-refractivity contribution is -0.125. The molecule has 1 amide bonds. The molecular formula is C56H111NO4. The highest BCUT2D eigenvalue weighted by Gasteiger charge is 2.21. The molecule has 364 valence electrons. The Morgan fingerprint density at radius 1 is 0.393 bits per heavy atom. The van der Waals surface area contributed by atoms with E-state index in [2.05, 4.69) is 31.3 Å². The van der Waals surface area contributed by atoms with E-state index in [1.807, 2.05) is 0 Å². The van der Waals surface area contributed by atoms with E-state index in [9.17, 15) is 20.1 Å². The average Bonchev–Trinajstić information content (AvgIpc) is 3.25. The van der Waals surface area contributed by atoms with E-state index in [0.717, 1.165) is 25.7 Å². The number of hydrogen-bond donors (Lipinski definition) is 4. The first-order valence-corrected chi connectivity index (χ1v) is 28.0. The van der Waals surface area contributed by atoms with Crippen molar-refractivity contribution in [1.82, 2.24) is 5.32 Å². The average molecular weight is 863 g/mol. The van der Waals surface area contributed by atoms with Crippen LogP contribution in [-0.4, -0.2) is 46.1 Å². The Morgan fingerprint density at radius 2 is 0.656 bits per heavy atom. The number of unbranched alkanes of at least 4 members (excludes halogenated alkanes) is 41. The van der Waals surface area contributed by atoms with E-state index < -0.39 is 18.2 Å². The quantitative estimate of drug-likeness (QED) is 0.0362. The molecule has 0 aromatic carbocycles. The first-order chi connectivity index (χ1) is 30.0. The van der Waals surface area contributed by atoms with Gasteiger partial charge in [0.1, 0.15) is 0 Å². The Hall–Kier alpha value is -0.910. The summed E-state index contributed by atoms with van der Waals surface area (Å²) in [5, 5.41) is 33.6. The summed E-state index contributed by atoms with van der Waals surface area (Å²) in [5.74, 6) is -0.277. The Balaban J connectivity index is 3.50. The summed E-state index contributed by atoms with van der Waals surface area (Å²) in [7, 11) is 0. The fraction of sp³-hybridized carbons (Fsp3) is 0.946. The van der Waals surface area contributed by atoms with Crippen LogP contribution in [0.4, 0.5) is 0 Å². The van der Waals surface area contributed by atoms with Crippen LogP contribution in [0.15, 0.2) is 12.2 Å². The van der Waals surface area contributed by atoms with Crippen molar-refractivity contribution in [3.63, 3.8) is 0 Å². The molecule has 0 bridgehead atoms. The van der Waals surface area contributed by atoms with Gasteiger partial charge in [0, 0.05) is 0 Å². The van der Waals surface area contributed by atoms with Crippen LogP contribution < -0.4 is 5.32 Å². The van der Waals surface area contributed by atoms with Crippen molar-refractivity contribution in [2.45, 2.75) is 334 Å². The minimum absolute atomic E-state index is 0.0403. The maximum atomic E-state index is 12.5. The maximum absolute atomic E-state index is 12.5. The number of amides is 1. The topological polar surface area (TPSA) is 89.8 Å². The minimum Gasteiger partial charge on any atom is -0.394 e. The van der Waals surface area contributed by atoms with E-state index in [0.29, 0.717) is 12.8 Å². The molecule has 0 aliphatic carbocycles. The van der Waals surface area contributed by atoms with E-state index in [-0.39, 0.29) is 18.9 Å². The van der Waals surface area contributed by atoms with Gasteiger partial charge in [0.25, 0.3) is 0 Å². The normalized spacial score (nSPS) is 13.3. The van der Waals surface area contributed by atoms with Gasteiger partial charge in [-0.3, -0.25) is 4.79 Å². The van der Waals surface area contributed by atoms with Crippen LogP contribution in [-0.2, 0) is 4.79 Å². The van der Waals surface area contributed by atoms with Gasteiger partial charge >= 0.3 is 0 Å². The lowest BCUT2D eigenvalue weighted by atomic mass is 10.0. The third-order valence-electron chi connectivity index (χ3n) is 13.3. The Bertz CT molecular complexity index is 864. The molecule has 0 aliphatic heterocycles. The monoisotopic (exact) mass is 862 g/mol. The molecule has 5 heteroatoms. The highest BCUT2D eigenvalue weighted by Crippen LogP contribution is 2.18. The highest BCUT2D eigenvalue weighted by molar-refractivity contribution is 5.76. The van der Waals surface area contributed by atoms with Crippen molar-refractivity contribution in [2.75, 3.05) is 6.61 Å². The highest BCUT2D eigenvalue weighted by atomic mass is 16.3. The van der Waals surface area contributed by atoms with Crippen LogP contribution in [0.1, 0.15) is 316 Å². The summed E-state index contributed by atoms with van der Waals surface area (Å²) in [6, 6.07) is -0.656. The Labute approximate surface area is 382 Å². The van der Waals surface area contributed by atoms with Crippen LogP contribution in [0.25, 0.3) is 0 Å². The number of nitrogens with one attached hydrogen (secondary N) is 1. The number of hydrogen-bond acceptors (Lipinski definition) is 4. The third-order valence-corrected chi connectivity index (χ3v) is 13.3. The molecule has 0 spiro atoms. The molecule has 0 saturated carbocycles. The summed E-state index contributed by atoms with van der Waals surface area (Å²) in [6.45, 7) is 4.30. The second kappa shape index (κ2) is 51.7. The van der Waals surface area contributed by atoms with Gasteiger partial charge in [0.15, 0.2) is 0 Å². The molecule has 4 N–H and O–H groups in total. The van der Waals surface area contributed by atoms with Crippen molar-refractivity contribution < 1.29 is 20.1 Å². The van der Waals surface area contributed by atoms with Crippen molar-refractivity contribution >= 4 is 5.91 Å². The fourth-order valence-corrected chi connectivity index (χ4v) is 9.05. The number of aliphatic hydroxyl groups excluding tert-OH is 3. The molecule has 61 heavy (non-hydrogen) atoms. The molecule has 0 radical (unpaired) electrons. The molecular weight excluding hydrogens is 751 g/mol. The van der Waals surface area contributed by atoms with Crippen molar-refractivity contribution in [3.8, 4) is 0 Å².